The Kier molecular flexibility index (Phi) is 2.54. The number of rotatable bonds is 3. The van der Waals surface area contributed by atoms with Crippen molar-refractivity contribution in [2.24, 2.45) is 5.92 Å². The van der Waals surface area contributed by atoms with E-state index in [0.29, 0.717) is 6.42 Å². The molecular weight excluding hydrogens is 188 g/mol. The number of aromatic amines is 1. The zero-order valence-electron chi connectivity index (χ0n) is 8.95. The van der Waals surface area contributed by atoms with Crippen LogP contribution >= 0.6 is 0 Å². The summed E-state index contributed by atoms with van der Waals surface area (Å²) in [6, 6.07) is 3.88. The molecule has 0 aromatic carbocycles. The van der Waals surface area contributed by atoms with Crippen molar-refractivity contribution in [1.82, 2.24) is 9.97 Å². The van der Waals surface area contributed by atoms with Crippen LogP contribution in [0, 0.1) is 5.92 Å². The fraction of sp³-hybridized carbons (Fsp3) is 0.333. The summed E-state index contributed by atoms with van der Waals surface area (Å²) in [5, 5.41) is 1.05. The van der Waals surface area contributed by atoms with Gasteiger partial charge < -0.3 is 4.98 Å². The predicted molar refractivity (Wildman–Crippen MR) is 59.6 cm³/mol. The SMILES string of the molecule is CC(C)C(=O)Cc1c[nH]c2ncccc12. The van der Waals surface area contributed by atoms with Crippen LogP contribution in [0.4, 0.5) is 0 Å². The highest BCUT2D eigenvalue weighted by Gasteiger charge is 2.11. The van der Waals surface area contributed by atoms with Gasteiger partial charge in [-0.15, -0.1) is 0 Å². The van der Waals surface area contributed by atoms with Crippen molar-refractivity contribution in [2.75, 3.05) is 0 Å². The molecule has 0 unspecified atom stereocenters. The average molecular weight is 202 g/mol. The maximum Gasteiger partial charge on any atom is 0.139 e. The number of carbonyl (C=O) groups excluding carboxylic acids is 1. The lowest BCUT2D eigenvalue weighted by atomic mass is 10.0. The van der Waals surface area contributed by atoms with Crippen LogP contribution in [0.25, 0.3) is 11.0 Å². The Morgan fingerprint density at radius 1 is 1.53 bits per heavy atom. The maximum absolute atomic E-state index is 11.6. The Morgan fingerprint density at radius 2 is 2.33 bits per heavy atom. The molecule has 2 heterocycles. The van der Waals surface area contributed by atoms with E-state index in [1.165, 1.54) is 0 Å². The summed E-state index contributed by atoms with van der Waals surface area (Å²) in [6.45, 7) is 3.85. The van der Waals surface area contributed by atoms with Crippen molar-refractivity contribution in [3.8, 4) is 0 Å². The van der Waals surface area contributed by atoms with E-state index in [2.05, 4.69) is 9.97 Å². The number of hydrogen-bond donors (Lipinski definition) is 1. The number of pyridine rings is 1. The van der Waals surface area contributed by atoms with Crippen molar-refractivity contribution >= 4 is 16.8 Å². The van der Waals surface area contributed by atoms with Crippen LogP contribution in [-0.2, 0) is 11.2 Å². The quantitative estimate of drug-likeness (QED) is 0.830. The number of hydrogen-bond acceptors (Lipinski definition) is 2. The van der Waals surface area contributed by atoms with Gasteiger partial charge in [0.2, 0.25) is 0 Å². The number of ketones is 1. The molecule has 0 aliphatic heterocycles. The van der Waals surface area contributed by atoms with Crippen molar-refractivity contribution < 1.29 is 4.79 Å². The first-order valence-electron chi connectivity index (χ1n) is 5.12. The number of aromatic nitrogens is 2. The van der Waals surface area contributed by atoms with Gasteiger partial charge in [-0.3, -0.25) is 4.79 Å². The molecule has 0 atom stereocenters. The molecule has 1 N–H and O–H groups in total. The van der Waals surface area contributed by atoms with Gasteiger partial charge in [-0.05, 0) is 17.7 Å². The molecule has 0 radical (unpaired) electrons. The molecule has 3 heteroatoms. The summed E-state index contributed by atoms with van der Waals surface area (Å²) in [5.74, 6) is 0.353. The molecule has 0 spiro atoms. The molecule has 3 nitrogen and oxygen atoms in total. The Hall–Kier alpha value is -1.64. The summed E-state index contributed by atoms with van der Waals surface area (Å²) in [7, 11) is 0. The lowest BCUT2D eigenvalue weighted by molar-refractivity contribution is -0.121. The Morgan fingerprint density at radius 3 is 3.07 bits per heavy atom. The van der Waals surface area contributed by atoms with E-state index >= 15 is 0 Å². The van der Waals surface area contributed by atoms with E-state index in [-0.39, 0.29) is 11.7 Å². The van der Waals surface area contributed by atoms with E-state index in [0.717, 1.165) is 16.6 Å². The molecule has 2 aromatic heterocycles. The number of nitrogens with one attached hydrogen (secondary N) is 1. The average Bonchev–Trinajstić information content (AvgIpc) is 2.62. The fourth-order valence-corrected chi connectivity index (χ4v) is 1.55. The molecule has 0 amide bonds. The largest absolute Gasteiger partial charge is 0.346 e. The third-order valence-corrected chi connectivity index (χ3v) is 2.55. The Balaban J connectivity index is 2.33. The van der Waals surface area contributed by atoms with Gasteiger partial charge in [0, 0.05) is 30.1 Å². The summed E-state index contributed by atoms with van der Waals surface area (Å²) in [6.07, 6.45) is 4.11. The number of Topliss-reactive ketones (excluding diaryl/α,β-unsaturated/α-hetero) is 1. The lowest BCUT2D eigenvalue weighted by Crippen LogP contribution is -2.09. The molecule has 2 rings (SSSR count). The first-order chi connectivity index (χ1) is 7.18. The van der Waals surface area contributed by atoms with Crippen LogP contribution in [-0.4, -0.2) is 15.8 Å². The van der Waals surface area contributed by atoms with Crippen LogP contribution in [0.5, 0.6) is 0 Å². The molecule has 78 valence electrons. The predicted octanol–water partition coefficient (Wildman–Crippen LogP) is 2.33. The summed E-state index contributed by atoms with van der Waals surface area (Å²) < 4.78 is 0. The molecule has 0 aliphatic carbocycles. The summed E-state index contributed by atoms with van der Waals surface area (Å²) >= 11 is 0. The van der Waals surface area contributed by atoms with Crippen LogP contribution in [0.3, 0.4) is 0 Å². The number of fused-ring (bicyclic) bond motifs is 1. The van der Waals surface area contributed by atoms with Gasteiger partial charge in [0.1, 0.15) is 11.4 Å². The zero-order valence-corrected chi connectivity index (χ0v) is 8.95. The first kappa shape index (κ1) is 9.90. The van der Waals surface area contributed by atoms with Crippen LogP contribution < -0.4 is 0 Å². The Labute approximate surface area is 88.5 Å². The van der Waals surface area contributed by atoms with Crippen LogP contribution in [0.1, 0.15) is 19.4 Å². The van der Waals surface area contributed by atoms with Gasteiger partial charge in [-0.2, -0.15) is 0 Å². The van der Waals surface area contributed by atoms with Gasteiger partial charge >= 0.3 is 0 Å². The highest BCUT2D eigenvalue weighted by molar-refractivity contribution is 5.88. The Bertz CT molecular complexity index is 485. The second-order valence-corrected chi connectivity index (χ2v) is 4.01. The first-order valence-corrected chi connectivity index (χ1v) is 5.12. The van der Waals surface area contributed by atoms with Gasteiger partial charge in [-0.25, -0.2) is 4.98 Å². The van der Waals surface area contributed by atoms with Crippen LogP contribution in [0.15, 0.2) is 24.5 Å². The number of nitrogens with zero attached hydrogens (tertiary/aromatic N) is 1. The minimum Gasteiger partial charge on any atom is -0.346 e. The molecule has 15 heavy (non-hydrogen) atoms. The van der Waals surface area contributed by atoms with E-state index in [4.69, 9.17) is 0 Å². The second-order valence-electron chi connectivity index (χ2n) is 4.01. The molecule has 0 bridgehead atoms. The molecule has 0 saturated carbocycles. The van der Waals surface area contributed by atoms with Crippen molar-refractivity contribution in [2.45, 2.75) is 20.3 Å². The van der Waals surface area contributed by atoms with Crippen LogP contribution in [0.2, 0.25) is 0 Å². The molecular formula is C12H14N2O. The molecule has 0 saturated heterocycles. The second kappa shape index (κ2) is 3.85. The summed E-state index contributed by atoms with van der Waals surface area (Å²) in [5.41, 5.74) is 1.89. The highest BCUT2D eigenvalue weighted by Crippen LogP contribution is 2.17. The zero-order chi connectivity index (χ0) is 10.8. The monoisotopic (exact) mass is 202 g/mol. The van der Waals surface area contributed by atoms with Gasteiger partial charge in [0.25, 0.3) is 0 Å². The van der Waals surface area contributed by atoms with E-state index in [1.54, 1.807) is 6.20 Å². The molecule has 2 aromatic rings. The third-order valence-electron chi connectivity index (χ3n) is 2.55. The maximum atomic E-state index is 11.6. The van der Waals surface area contributed by atoms with E-state index in [1.807, 2.05) is 32.2 Å². The van der Waals surface area contributed by atoms with E-state index in [9.17, 15) is 4.79 Å². The third kappa shape index (κ3) is 1.91. The molecule has 0 aliphatic rings. The normalized spacial score (nSPS) is 11.1. The standard InChI is InChI=1S/C12H14N2O/c1-8(2)11(15)6-9-7-14-12-10(9)4-3-5-13-12/h3-5,7-8H,6H2,1-2H3,(H,13,14). The van der Waals surface area contributed by atoms with Crippen molar-refractivity contribution in [3.05, 3.63) is 30.1 Å². The topological polar surface area (TPSA) is 45.8 Å². The van der Waals surface area contributed by atoms with Crippen molar-refractivity contribution in [1.29, 1.82) is 0 Å². The van der Waals surface area contributed by atoms with Gasteiger partial charge in [-0.1, -0.05) is 13.8 Å². The number of H-pyrrole nitrogens is 1. The minimum atomic E-state index is 0.0895. The number of carbonyl (C=O) groups is 1. The summed E-state index contributed by atoms with van der Waals surface area (Å²) in [4.78, 5) is 18.9. The van der Waals surface area contributed by atoms with Gasteiger partial charge in [0.15, 0.2) is 0 Å². The van der Waals surface area contributed by atoms with E-state index < -0.39 is 0 Å². The molecule has 0 fully saturated rings. The van der Waals surface area contributed by atoms with Crippen molar-refractivity contribution in [3.63, 3.8) is 0 Å². The lowest BCUT2D eigenvalue weighted by Gasteiger charge is -2.02. The van der Waals surface area contributed by atoms with Gasteiger partial charge in [0.05, 0.1) is 0 Å². The minimum absolute atomic E-state index is 0.0895. The highest BCUT2D eigenvalue weighted by atomic mass is 16.1. The fourth-order valence-electron chi connectivity index (χ4n) is 1.55. The smallest absolute Gasteiger partial charge is 0.139 e.